The molecule has 0 bridgehead atoms. The summed E-state index contributed by atoms with van der Waals surface area (Å²) in [5, 5.41) is 0. The maximum absolute atomic E-state index is 12.9. The third kappa shape index (κ3) is 62.0. The molecule has 0 aliphatic rings. The number of ether oxygens (including phenoxy) is 3. The highest BCUT2D eigenvalue weighted by atomic mass is 16.6. The second-order valence-corrected chi connectivity index (χ2v) is 22.4. The maximum atomic E-state index is 12.9. The highest BCUT2D eigenvalue weighted by Gasteiger charge is 2.19. The number of carbonyl (C=O) groups is 3. The average molecular weight is 1060 g/mol. The highest BCUT2D eigenvalue weighted by molar-refractivity contribution is 5.71. The molecule has 0 fully saturated rings. The normalized spacial score (nSPS) is 12.4. The first-order chi connectivity index (χ1) is 37.5. The molecule has 0 aromatic rings. The smallest absolute Gasteiger partial charge is 0.306 e. The summed E-state index contributed by atoms with van der Waals surface area (Å²) in [5.41, 5.74) is 0. The summed E-state index contributed by atoms with van der Waals surface area (Å²) in [4.78, 5) is 38.3. The molecule has 0 aliphatic carbocycles. The van der Waals surface area contributed by atoms with Gasteiger partial charge in [-0.25, -0.2) is 0 Å². The first kappa shape index (κ1) is 73.1. The van der Waals surface area contributed by atoms with Gasteiger partial charge in [0.25, 0.3) is 0 Å². The zero-order chi connectivity index (χ0) is 55.0. The molecule has 1 atom stereocenters. The zero-order valence-corrected chi connectivity index (χ0v) is 50.8. The van der Waals surface area contributed by atoms with Crippen molar-refractivity contribution in [2.45, 2.75) is 354 Å². The van der Waals surface area contributed by atoms with E-state index in [4.69, 9.17) is 14.2 Å². The van der Waals surface area contributed by atoms with Gasteiger partial charge >= 0.3 is 17.9 Å². The summed E-state index contributed by atoms with van der Waals surface area (Å²) < 4.78 is 16.9. The summed E-state index contributed by atoms with van der Waals surface area (Å²) in [5.74, 6) is -0.853. The molecular formula is C70H126O6. The summed E-state index contributed by atoms with van der Waals surface area (Å²) in [6.45, 7) is 6.56. The minimum Gasteiger partial charge on any atom is -0.462 e. The van der Waals surface area contributed by atoms with Gasteiger partial charge in [0.2, 0.25) is 0 Å². The molecule has 0 radical (unpaired) electrons. The lowest BCUT2D eigenvalue weighted by atomic mass is 10.0. The topological polar surface area (TPSA) is 78.9 Å². The van der Waals surface area contributed by atoms with E-state index in [2.05, 4.69) is 81.5 Å². The van der Waals surface area contributed by atoms with Crippen molar-refractivity contribution in [1.29, 1.82) is 0 Å². The molecule has 6 heteroatoms. The number of hydrogen-bond donors (Lipinski definition) is 0. The molecule has 442 valence electrons. The van der Waals surface area contributed by atoms with E-state index in [0.717, 1.165) is 83.5 Å². The Bertz CT molecular complexity index is 1360. The van der Waals surface area contributed by atoms with Gasteiger partial charge in [0.1, 0.15) is 13.2 Å². The second-order valence-electron chi connectivity index (χ2n) is 22.4. The summed E-state index contributed by atoms with van der Waals surface area (Å²) >= 11 is 0. The quantitative estimate of drug-likeness (QED) is 0.0261. The van der Waals surface area contributed by atoms with Crippen molar-refractivity contribution < 1.29 is 28.6 Å². The number of carbonyl (C=O) groups excluding carboxylic acids is 3. The molecule has 76 heavy (non-hydrogen) atoms. The molecule has 0 heterocycles. The van der Waals surface area contributed by atoms with Gasteiger partial charge in [-0.05, 0) is 83.5 Å². The van der Waals surface area contributed by atoms with E-state index in [1.807, 2.05) is 0 Å². The van der Waals surface area contributed by atoms with Crippen LogP contribution in [0.5, 0.6) is 0 Å². The van der Waals surface area contributed by atoms with E-state index in [1.54, 1.807) is 0 Å². The van der Waals surface area contributed by atoms with Crippen molar-refractivity contribution in [1.82, 2.24) is 0 Å². The van der Waals surface area contributed by atoms with E-state index in [1.165, 1.54) is 225 Å². The molecule has 0 aliphatic heterocycles. The number of esters is 3. The van der Waals surface area contributed by atoms with Crippen molar-refractivity contribution in [2.75, 3.05) is 13.2 Å². The largest absolute Gasteiger partial charge is 0.462 e. The summed E-state index contributed by atoms with van der Waals surface area (Å²) in [6.07, 6.45) is 82.5. The number of unbranched alkanes of at least 4 members (excludes halogenated alkanes) is 40. The van der Waals surface area contributed by atoms with Crippen molar-refractivity contribution in [3.8, 4) is 0 Å². The van der Waals surface area contributed by atoms with Gasteiger partial charge < -0.3 is 14.2 Å². The van der Waals surface area contributed by atoms with Crippen LogP contribution in [-0.4, -0.2) is 37.2 Å². The Labute approximate surface area is 472 Å². The molecule has 0 rings (SSSR count). The van der Waals surface area contributed by atoms with Crippen molar-refractivity contribution in [2.24, 2.45) is 0 Å². The van der Waals surface area contributed by atoms with E-state index in [-0.39, 0.29) is 31.1 Å². The van der Waals surface area contributed by atoms with Crippen LogP contribution in [0.15, 0.2) is 60.8 Å². The van der Waals surface area contributed by atoms with E-state index < -0.39 is 6.10 Å². The van der Waals surface area contributed by atoms with Crippen molar-refractivity contribution in [3.05, 3.63) is 60.8 Å². The molecule has 0 aromatic carbocycles. The van der Waals surface area contributed by atoms with Gasteiger partial charge in [0, 0.05) is 19.3 Å². The lowest BCUT2D eigenvalue weighted by Crippen LogP contribution is -2.30. The lowest BCUT2D eigenvalue weighted by Gasteiger charge is -2.18. The van der Waals surface area contributed by atoms with E-state index in [9.17, 15) is 14.4 Å². The fourth-order valence-electron chi connectivity index (χ4n) is 9.79. The zero-order valence-electron chi connectivity index (χ0n) is 50.8. The summed E-state index contributed by atoms with van der Waals surface area (Å²) in [6, 6.07) is 0. The van der Waals surface area contributed by atoms with Gasteiger partial charge in [-0.1, -0.05) is 306 Å². The molecule has 1 unspecified atom stereocenters. The Morgan fingerprint density at radius 3 is 0.816 bits per heavy atom. The molecule has 0 aromatic heterocycles. The Kier molecular flexibility index (Phi) is 62.2. The number of rotatable bonds is 61. The number of allylic oxidation sites excluding steroid dienone is 10. The van der Waals surface area contributed by atoms with Crippen LogP contribution in [0.25, 0.3) is 0 Å². The maximum Gasteiger partial charge on any atom is 0.306 e. The molecule has 0 saturated heterocycles. The number of hydrogen-bond acceptors (Lipinski definition) is 6. The van der Waals surface area contributed by atoms with Crippen LogP contribution in [0.1, 0.15) is 348 Å². The molecule has 0 saturated carbocycles. The van der Waals surface area contributed by atoms with E-state index >= 15 is 0 Å². The predicted octanol–water partition coefficient (Wildman–Crippen LogP) is 22.7. The second kappa shape index (κ2) is 64.6. The third-order valence-corrected chi connectivity index (χ3v) is 14.8. The van der Waals surface area contributed by atoms with Crippen molar-refractivity contribution >= 4 is 17.9 Å². The predicted molar refractivity (Wildman–Crippen MR) is 330 cm³/mol. The minimum absolute atomic E-state index is 0.0697. The van der Waals surface area contributed by atoms with Crippen LogP contribution in [-0.2, 0) is 28.6 Å². The van der Waals surface area contributed by atoms with Crippen LogP contribution in [0.4, 0.5) is 0 Å². The molecule has 0 amide bonds. The summed E-state index contributed by atoms with van der Waals surface area (Å²) in [7, 11) is 0. The van der Waals surface area contributed by atoms with Crippen LogP contribution >= 0.6 is 0 Å². The monoisotopic (exact) mass is 1060 g/mol. The Balaban J connectivity index is 4.15. The molecular weight excluding hydrogens is 937 g/mol. The van der Waals surface area contributed by atoms with Gasteiger partial charge in [0.05, 0.1) is 0 Å². The fourth-order valence-corrected chi connectivity index (χ4v) is 9.79. The average Bonchev–Trinajstić information content (AvgIpc) is 3.42. The fraction of sp³-hybridized carbons (Fsp3) is 0.814. The minimum atomic E-state index is -0.772. The Morgan fingerprint density at radius 1 is 0.276 bits per heavy atom. The van der Waals surface area contributed by atoms with Gasteiger partial charge in [0.15, 0.2) is 6.10 Å². The van der Waals surface area contributed by atoms with Crippen molar-refractivity contribution in [3.63, 3.8) is 0 Å². The first-order valence-electron chi connectivity index (χ1n) is 33.3. The Hall–Kier alpha value is -2.89. The van der Waals surface area contributed by atoms with Crippen LogP contribution in [0.3, 0.4) is 0 Å². The van der Waals surface area contributed by atoms with Crippen LogP contribution in [0, 0.1) is 0 Å². The SMILES string of the molecule is CC/C=C\C/C=C\C/C=C\C/C=C\CCCCCCCCCCCCCCCCCCC(=O)OCC(COC(=O)CCCCCCCCCCCC)OC(=O)CCCCCCCCCCC/C=C\CCCCCCCC. The lowest BCUT2D eigenvalue weighted by molar-refractivity contribution is -0.167. The Morgan fingerprint density at radius 2 is 0.513 bits per heavy atom. The van der Waals surface area contributed by atoms with Crippen LogP contribution < -0.4 is 0 Å². The highest BCUT2D eigenvalue weighted by Crippen LogP contribution is 2.17. The molecule has 0 N–H and O–H groups in total. The standard InChI is InChI=1S/C70H126O6/c1-4-7-10-13-16-19-22-24-26-28-30-31-32-33-34-35-36-37-38-39-41-42-44-46-48-51-54-57-60-63-69(72)75-66-67(65-74-68(71)62-59-56-53-50-21-18-15-12-9-6-3)76-70(73)64-61-58-55-52-49-47-45-43-40-29-27-25-23-20-17-14-11-8-5-2/h7,10,16,19,24-27,30-31,67H,4-6,8-9,11-15,17-18,20-23,28-29,32-66H2,1-3H3/b10-7-,19-16-,26-24-,27-25-,31-30-. The van der Waals surface area contributed by atoms with Gasteiger partial charge in [-0.2, -0.15) is 0 Å². The first-order valence-corrected chi connectivity index (χ1v) is 33.3. The van der Waals surface area contributed by atoms with E-state index in [0.29, 0.717) is 19.3 Å². The van der Waals surface area contributed by atoms with Gasteiger partial charge in [-0.15, -0.1) is 0 Å². The molecule has 0 spiro atoms. The van der Waals surface area contributed by atoms with Crippen LogP contribution in [0.2, 0.25) is 0 Å². The van der Waals surface area contributed by atoms with Gasteiger partial charge in [-0.3, -0.25) is 14.4 Å². The molecule has 6 nitrogen and oxygen atoms in total. The third-order valence-electron chi connectivity index (χ3n) is 14.8.